The van der Waals surface area contributed by atoms with Crippen LogP contribution in [-0.4, -0.2) is 18.2 Å². The smallest absolute Gasteiger partial charge is 0.274 e. The van der Waals surface area contributed by atoms with Gasteiger partial charge in [-0.05, 0) is 17.7 Å². The van der Waals surface area contributed by atoms with Crippen molar-refractivity contribution >= 4 is 29.8 Å². The number of nitrogens with zero attached hydrogens (tertiary/aromatic N) is 1. The van der Waals surface area contributed by atoms with Crippen molar-refractivity contribution in [3.05, 3.63) is 70.7 Å². The van der Waals surface area contributed by atoms with Crippen molar-refractivity contribution in [2.75, 3.05) is 0 Å². The van der Waals surface area contributed by atoms with E-state index in [4.69, 9.17) is 17.3 Å². The Morgan fingerprint density at radius 1 is 1.18 bits per heavy atom. The molecule has 22 heavy (non-hydrogen) atoms. The second-order valence-electron chi connectivity index (χ2n) is 4.47. The van der Waals surface area contributed by atoms with Gasteiger partial charge in [0.25, 0.3) is 5.91 Å². The summed E-state index contributed by atoms with van der Waals surface area (Å²) < 4.78 is 0. The number of amides is 2. The number of hydrogen-bond donors (Lipinski definition) is 2. The van der Waals surface area contributed by atoms with E-state index in [-0.39, 0.29) is 5.84 Å². The highest BCUT2D eigenvalue weighted by Gasteiger charge is 2.20. The van der Waals surface area contributed by atoms with Crippen molar-refractivity contribution in [3.8, 4) is 0 Å². The molecule has 1 unspecified atom stereocenters. The van der Waals surface area contributed by atoms with Crippen LogP contribution in [0.2, 0.25) is 5.02 Å². The molecule has 2 amide bonds. The molecule has 0 bridgehead atoms. The van der Waals surface area contributed by atoms with E-state index >= 15 is 0 Å². The first-order chi connectivity index (χ1) is 10.6. The number of aliphatic imine (C=N–C) groups is 1. The molecule has 0 aliphatic carbocycles. The number of carbonyl (C=O) groups is 2. The van der Waals surface area contributed by atoms with Crippen molar-refractivity contribution in [3.63, 3.8) is 0 Å². The molecule has 2 rings (SSSR count). The molecule has 0 fully saturated rings. The van der Waals surface area contributed by atoms with Gasteiger partial charge in [-0.3, -0.25) is 9.59 Å². The fraction of sp³-hybridized carbons (Fsp3) is 0.0625. The monoisotopic (exact) mass is 315 g/mol. The van der Waals surface area contributed by atoms with Gasteiger partial charge in [-0.25, -0.2) is 0 Å². The molecule has 0 aromatic heterocycles. The summed E-state index contributed by atoms with van der Waals surface area (Å²) in [6.45, 7) is 0. The van der Waals surface area contributed by atoms with Gasteiger partial charge in [-0.15, -0.1) is 0 Å². The molecule has 6 heteroatoms. The highest BCUT2D eigenvalue weighted by atomic mass is 35.5. The van der Waals surface area contributed by atoms with Crippen molar-refractivity contribution in [2.24, 2.45) is 10.7 Å². The van der Waals surface area contributed by atoms with Crippen LogP contribution in [0.1, 0.15) is 17.2 Å². The quantitative estimate of drug-likeness (QED) is 0.503. The minimum atomic E-state index is -0.932. The molecule has 0 radical (unpaired) electrons. The van der Waals surface area contributed by atoms with E-state index in [1.165, 1.54) is 0 Å². The van der Waals surface area contributed by atoms with Gasteiger partial charge in [0.15, 0.2) is 0 Å². The Bertz CT molecular complexity index is 702. The van der Waals surface area contributed by atoms with Crippen molar-refractivity contribution < 1.29 is 9.59 Å². The predicted octanol–water partition coefficient (Wildman–Crippen LogP) is 2.06. The van der Waals surface area contributed by atoms with E-state index in [9.17, 15) is 9.59 Å². The van der Waals surface area contributed by atoms with Crippen LogP contribution in [0.5, 0.6) is 0 Å². The highest BCUT2D eigenvalue weighted by Crippen LogP contribution is 2.19. The Hall–Kier alpha value is -2.66. The van der Waals surface area contributed by atoms with Gasteiger partial charge < -0.3 is 11.1 Å². The van der Waals surface area contributed by atoms with Gasteiger partial charge in [0.05, 0.1) is 0 Å². The zero-order valence-electron chi connectivity index (χ0n) is 11.6. The summed E-state index contributed by atoms with van der Waals surface area (Å²) in [6.07, 6.45) is 0.442. The minimum Gasteiger partial charge on any atom is -0.383 e. The zero-order chi connectivity index (χ0) is 15.9. The first kappa shape index (κ1) is 15.7. The number of halogens is 1. The lowest BCUT2D eigenvalue weighted by Crippen LogP contribution is -2.28. The molecule has 0 heterocycles. The second kappa shape index (κ2) is 7.38. The van der Waals surface area contributed by atoms with Crippen molar-refractivity contribution in [1.82, 2.24) is 5.32 Å². The largest absolute Gasteiger partial charge is 0.383 e. The van der Waals surface area contributed by atoms with Crippen LogP contribution in [0.15, 0.2) is 59.6 Å². The summed E-state index contributed by atoms with van der Waals surface area (Å²) in [6, 6.07) is 14.6. The summed E-state index contributed by atoms with van der Waals surface area (Å²) in [5.74, 6) is -0.485. The molecule has 2 aromatic carbocycles. The van der Waals surface area contributed by atoms with Crippen LogP contribution in [0, 0.1) is 0 Å². The summed E-state index contributed by atoms with van der Waals surface area (Å²) in [5.41, 5.74) is 6.99. The Balaban J connectivity index is 2.29. The molecule has 0 aliphatic heterocycles. The average Bonchev–Trinajstić information content (AvgIpc) is 2.53. The van der Waals surface area contributed by atoms with Crippen LogP contribution in [0.25, 0.3) is 0 Å². The van der Waals surface area contributed by atoms with Crippen LogP contribution >= 0.6 is 11.6 Å². The number of nitrogens with two attached hydrogens (primary N) is 1. The standard InChI is InChI=1S/C16H14ClN3O2/c17-13-8-4-7-12(9-13)14(19-10-21)16(22)20-15(18)11-5-2-1-3-6-11/h1-10,14H,(H,19,21)(H2,18,20,22). The van der Waals surface area contributed by atoms with Crippen LogP contribution < -0.4 is 11.1 Å². The summed E-state index contributed by atoms with van der Waals surface area (Å²) in [5, 5.41) is 2.89. The molecule has 0 aliphatic rings. The maximum atomic E-state index is 12.3. The summed E-state index contributed by atoms with van der Waals surface area (Å²) in [7, 11) is 0. The minimum absolute atomic E-state index is 0.0883. The molecular formula is C16H14ClN3O2. The lowest BCUT2D eigenvalue weighted by atomic mass is 10.1. The van der Waals surface area contributed by atoms with Gasteiger partial charge in [0, 0.05) is 10.6 Å². The van der Waals surface area contributed by atoms with E-state index in [0.29, 0.717) is 22.6 Å². The number of amidine groups is 1. The van der Waals surface area contributed by atoms with E-state index < -0.39 is 11.9 Å². The fourth-order valence-corrected chi connectivity index (χ4v) is 2.12. The first-order valence-electron chi connectivity index (χ1n) is 6.50. The third kappa shape index (κ3) is 3.93. The van der Waals surface area contributed by atoms with Gasteiger partial charge in [-0.2, -0.15) is 4.99 Å². The lowest BCUT2D eigenvalue weighted by Gasteiger charge is -2.13. The van der Waals surface area contributed by atoms with Crippen LogP contribution in [0.4, 0.5) is 0 Å². The molecule has 112 valence electrons. The number of carbonyl (C=O) groups excluding carboxylic acids is 2. The predicted molar refractivity (Wildman–Crippen MR) is 85.6 cm³/mol. The Morgan fingerprint density at radius 3 is 2.55 bits per heavy atom. The average molecular weight is 316 g/mol. The molecular weight excluding hydrogens is 302 g/mol. The van der Waals surface area contributed by atoms with Gasteiger partial charge in [0.1, 0.15) is 11.9 Å². The number of rotatable bonds is 5. The lowest BCUT2D eigenvalue weighted by molar-refractivity contribution is -0.122. The summed E-state index contributed by atoms with van der Waals surface area (Å²) in [4.78, 5) is 26.9. The van der Waals surface area contributed by atoms with Crippen molar-refractivity contribution in [1.29, 1.82) is 0 Å². The van der Waals surface area contributed by atoms with E-state index in [2.05, 4.69) is 10.3 Å². The van der Waals surface area contributed by atoms with Gasteiger partial charge in [0.2, 0.25) is 6.41 Å². The van der Waals surface area contributed by atoms with Crippen LogP contribution in [-0.2, 0) is 9.59 Å². The third-order valence-corrected chi connectivity index (χ3v) is 3.20. The SMILES string of the molecule is NC(=NC(=O)C(NC=O)c1cccc(Cl)c1)c1ccccc1. The molecule has 0 saturated heterocycles. The Morgan fingerprint density at radius 2 is 1.91 bits per heavy atom. The zero-order valence-corrected chi connectivity index (χ0v) is 12.3. The summed E-state index contributed by atoms with van der Waals surface area (Å²) >= 11 is 5.91. The maximum Gasteiger partial charge on any atom is 0.274 e. The van der Waals surface area contributed by atoms with E-state index in [1.54, 1.807) is 48.5 Å². The molecule has 5 nitrogen and oxygen atoms in total. The van der Waals surface area contributed by atoms with E-state index in [1.807, 2.05) is 6.07 Å². The normalized spacial score (nSPS) is 12.5. The van der Waals surface area contributed by atoms with Gasteiger partial charge in [-0.1, -0.05) is 54.1 Å². The molecule has 0 spiro atoms. The third-order valence-electron chi connectivity index (χ3n) is 2.96. The fourth-order valence-electron chi connectivity index (χ4n) is 1.92. The second-order valence-corrected chi connectivity index (χ2v) is 4.91. The van der Waals surface area contributed by atoms with Crippen molar-refractivity contribution in [2.45, 2.75) is 6.04 Å². The molecule has 0 saturated carbocycles. The Labute approximate surface area is 132 Å². The molecule has 1 atom stereocenters. The number of nitrogens with one attached hydrogen (secondary N) is 1. The molecule has 2 aromatic rings. The highest BCUT2D eigenvalue weighted by molar-refractivity contribution is 6.30. The van der Waals surface area contributed by atoms with Crippen LogP contribution in [0.3, 0.4) is 0 Å². The van der Waals surface area contributed by atoms with Gasteiger partial charge >= 0.3 is 0 Å². The topological polar surface area (TPSA) is 84.5 Å². The Kier molecular flexibility index (Phi) is 5.27. The maximum absolute atomic E-state index is 12.3. The number of benzene rings is 2. The van der Waals surface area contributed by atoms with E-state index in [0.717, 1.165) is 0 Å². The first-order valence-corrected chi connectivity index (χ1v) is 6.88. The number of hydrogen-bond acceptors (Lipinski definition) is 2. The molecule has 3 N–H and O–H groups in total.